The fourth-order valence-corrected chi connectivity index (χ4v) is 3.53. The summed E-state index contributed by atoms with van der Waals surface area (Å²) in [6.07, 6.45) is 2.37. The zero-order valence-electron chi connectivity index (χ0n) is 17.0. The van der Waals surface area contributed by atoms with Crippen molar-refractivity contribution in [2.45, 2.75) is 65.5 Å². The Kier molecular flexibility index (Phi) is 4.87. The lowest BCUT2D eigenvalue weighted by atomic mass is 10.0. The first-order chi connectivity index (χ1) is 13.4. The fraction of sp³-hybridized carbons (Fsp3) is 0.455. The highest BCUT2D eigenvalue weighted by Crippen LogP contribution is 2.29. The molecule has 2 aromatic heterocycles. The predicted molar refractivity (Wildman–Crippen MR) is 108 cm³/mol. The Labute approximate surface area is 165 Å². The molecule has 0 aliphatic heterocycles. The van der Waals surface area contributed by atoms with E-state index in [9.17, 15) is 4.79 Å². The molecule has 3 aromatic rings. The normalized spacial score (nSPS) is 14.0. The van der Waals surface area contributed by atoms with Crippen LogP contribution >= 0.6 is 0 Å². The van der Waals surface area contributed by atoms with Crippen LogP contribution in [-0.2, 0) is 17.8 Å². The average Bonchev–Trinajstić information content (AvgIpc) is 3.40. The molecule has 1 aromatic carbocycles. The van der Waals surface area contributed by atoms with Gasteiger partial charge < -0.3 is 4.90 Å². The van der Waals surface area contributed by atoms with Crippen LogP contribution < -0.4 is 0 Å². The van der Waals surface area contributed by atoms with E-state index in [0.29, 0.717) is 30.1 Å². The van der Waals surface area contributed by atoms with Crippen LogP contribution in [0.15, 0.2) is 30.3 Å². The lowest BCUT2D eigenvalue weighted by Crippen LogP contribution is -2.34. The Balaban J connectivity index is 1.50. The number of carbonyl (C=O) groups excluding carboxylic acids is 1. The summed E-state index contributed by atoms with van der Waals surface area (Å²) in [5.41, 5.74) is 4.36. The fourth-order valence-electron chi connectivity index (χ4n) is 3.53. The van der Waals surface area contributed by atoms with Gasteiger partial charge in [0.1, 0.15) is 0 Å². The summed E-state index contributed by atoms with van der Waals surface area (Å²) in [5.74, 6) is 1.69. The molecule has 0 radical (unpaired) electrons. The summed E-state index contributed by atoms with van der Waals surface area (Å²) in [6, 6.07) is 10.9. The van der Waals surface area contributed by atoms with Gasteiger partial charge in [-0.1, -0.05) is 38.1 Å². The van der Waals surface area contributed by atoms with Crippen LogP contribution in [0, 0.1) is 13.8 Å². The third kappa shape index (κ3) is 3.91. The SMILES string of the molecule is Cc1cc(C)n2nc(CC(=O)N(Cc3ccc(C(C)C)cc3)C3CC3)nc2n1. The van der Waals surface area contributed by atoms with E-state index in [1.54, 1.807) is 4.52 Å². The van der Waals surface area contributed by atoms with E-state index in [4.69, 9.17) is 0 Å². The summed E-state index contributed by atoms with van der Waals surface area (Å²) in [5, 5.41) is 4.49. The van der Waals surface area contributed by atoms with Gasteiger partial charge in [0.15, 0.2) is 5.82 Å². The number of hydrogen-bond acceptors (Lipinski definition) is 4. The van der Waals surface area contributed by atoms with Crippen molar-refractivity contribution < 1.29 is 4.79 Å². The molecular weight excluding hydrogens is 350 g/mol. The number of carbonyl (C=O) groups is 1. The number of rotatable bonds is 6. The summed E-state index contributed by atoms with van der Waals surface area (Å²) in [7, 11) is 0. The smallest absolute Gasteiger partial charge is 0.252 e. The van der Waals surface area contributed by atoms with Gasteiger partial charge in [0.25, 0.3) is 5.78 Å². The van der Waals surface area contributed by atoms with Gasteiger partial charge in [-0.25, -0.2) is 9.50 Å². The number of benzene rings is 1. The number of aryl methyl sites for hydroxylation is 2. The zero-order valence-corrected chi connectivity index (χ0v) is 17.0. The molecule has 28 heavy (non-hydrogen) atoms. The minimum atomic E-state index is 0.0840. The van der Waals surface area contributed by atoms with Crippen LogP contribution in [0.25, 0.3) is 5.78 Å². The monoisotopic (exact) mass is 377 g/mol. The Morgan fingerprint density at radius 2 is 1.89 bits per heavy atom. The standard InChI is InChI=1S/C22H27N5O/c1-14(2)18-7-5-17(6-8-18)13-26(19-9-10-19)21(28)12-20-24-22-23-15(3)11-16(4)27(22)25-20/h5-8,11,14,19H,9-10,12-13H2,1-4H3. The summed E-state index contributed by atoms with van der Waals surface area (Å²) < 4.78 is 1.71. The number of hydrogen-bond donors (Lipinski definition) is 0. The van der Waals surface area contributed by atoms with E-state index >= 15 is 0 Å². The van der Waals surface area contributed by atoms with Crippen molar-refractivity contribution >= 4 is 11.7 Å². The maximum Gasteiger partial charge on any atom is 0.252 e. The first-order valence-electron chi connectivity index (χ1n) is 9.99. The van der Waals surface area contributed by atoms with E-state index in [-0.39, 0.29) is 12.3 Å². The molecule has 0 atom stereocenters. The highest BCUT2D eigenvalue weighted by molar-refractivity contribution is 5.78. The molecular formula is C22H27N5O. The molecule has 1 saturated carbocycles. The first-order valence-corrected chi connectivity index (χ1v) is 9.99. The van der Waals surface area contributed by atoms with E-state index in [0.717, 1.165) is 24.2 Å². The molecule has 2 heterocycles. The molecule has 146 valence electrons. The van der Waals surface area contributed by atoms with Crippen LogP contribution in [0.1, 0.15) is 60.9 Å². The van der Waals surface area contributed by atoms with Gasteiger partial charge in [0.2, 0.25) is 5.91 Å². The molecule has 1 aliphatic carbocycles. The Hall–Kier alpha value is -2.76. The van der Waals surface area contributed by atoms with Gasteiger partial charge in [-0.15, -0.1) is 5.10 Å². The van der Waals surface area contributed by atoms with Crippen molar-refractivity contribution in [2.75, 3.05) is 0 Å². The van der Waals surface area contributed by atoms with Gasteiger partial charge in [0, 0.05) is 24.0 Å². The summed E-state index contributed by atoms with van der Waals surface area (Å²) >= 11 is 0. The van der Waals surface area contributed by atoms with Crippen molar-refractivity contribution in [3.8, 4) is 0 Å². The van der Waals surface area contributed by atoms with Gasteiger partial charge in [-0.3, -0.25) is 4.79 Å². The van der Waals surface area contributed by atoms with E-state index in [1.807, 2.05) is 24.8 Å². The molecule has 0 bridgehead atoms. The molecule has 1 amide bonds. The quantitative estimate of drug-likeness (QED) is 0.658. The summed E-state index contributed by atoms with van der Waals surface area (Å²) in [6.45, 7) is 8.93. The topological polar surface area (TPSA) is 63.4 Å². The molecule has 6 nitrogen and oxygen atoms in total. The molecule has 0 spiro atoms. The molecule has 6 heteroatoms. The predicted octanol–water partition coefficient (Wildman–Crippen LogP) is 3.60. The second-order valence-corrected chi connectivity index (χ2v) is 8.10. The second-order valence-electron chi connectivity index (χ2n) is 8.10. The van der Waals surface area contributed by atoms with Gasteiger partial charge in [-0.2, -0.15) is 4.98 Å². The Bertz CT molecular complexity index is 1000. The average molecular weight is 377 g/mol. The van der Waals surface area contributed by atoms with Gasteiger partial charge in [0.05, 0.1) is 6.42 Å². The zero-order chi connectivity index (χ0) is 19.8. The highest BCUT2D eigenvalue weighted by atomic mass is 16.2. The minimum absolute atomic E-state index is 0.0840. The maximum atomic E-state index is 13.0. The molecule has 1 aliphatic rings. The third-order valence-electron chi connectivity index (χ3n) is 5.28. The Morgan fingerprint density at radius 3 is 2.54 bits per heavy atom. The van der Waals surface area contributed by atoms with Crippen LogP contribution in [0.2, 0.25) is 0 Å². The van der Waals surface area contributed by atoms with Gasteiger partial charge in [-0.05, 0) is 49.8 Å². The van der Waals surface area contributed by atoms with Crippen molar-refractivity contribution in [1.82, 2.24) is 24.5 Å². The molecule has 0 saturated heterocycles. The lowest BCUT2D eigenvalue weighted by Gasteiger charge is -2.22. The Morgan fingerprint density at radius 1 is 1.18 bits per heavy atom. The second kappa shape index (κ2) is 7.34. The molecule has 4 rings (SSSR count). The largest absolute Gasteiger partial charge is 0.335 e. The maximum absolute atomic E-state index is 13.0. The van der Waals surface area contributed by atoms with Crippen LogP contribution in [0.4, 0.5) is 0 Å². The lowest BCUT2D eigenvalue weighted by molar-refractivity contribution is -0.131. The number of aromatic nitrogens is 4. The van der Waals surface area contributed by atoms with E-state index < -0.39 is 0 Å². The van der Waals surface area contributed by atoms with Crippen LogP contribution in [-0.4, -0.2) is 36.4 Å². The highest BCUT2D eigenvalue weighted by Gasteiger charge is 2.33. The third-order valence-corrected chi connectivity index (χ3v) is 5.28. The van der Waals surface area contributed by atoms with Crippen molar-refractivity contribution in [2.24, 2.45) is 0 Å². The number of nitrogens with zero attached hydrogens (tertiary/aromatic N) is 5. The van der Waals surface area contributed by atoms with Gasteiger partial charge >= 0.3 is 0 Å². The van der Waals surface area contributed by atoms with E-state index in [1.165, 1.54) is 11.1 Å². The van der Waals surface area contributed by atoms with Crippen molar-refractivity contribution in [3.63, 3.8) is 0 Å². The van der Waals surface area contributed by atoms with Crippen LogP contribution in [0.5, 0.6) is 0 Å². The summed E-state index contributed by atoms with van der Waals surface area (Å²) in [4.78, 5) is 23.9. The molecule has 0 unspecified atom stereocenters. The van der Waals surface area contributed by atoms with Crippen molar-refractivity contribution in [3.05, 3.63) is 58.7 Å². The minimum Gasteiger partial charge on any atom is -0.335 e. The first kappa shape index (κ1) is 18.6. The van der Waals surface area contributed by atoms with Crippen LogP contribution in [0.3, 0.4) is 0 Å². The van der Waals surface area contributed by atoms with E-state index in [2.05, 4.69) is 53.2 Å². The molecule has 0 N–H and O–H groups in total. The molecule has 1 fully saturated rings. The number of fused-ring (bicyclic) bond motifs is 1. The van der Waals surface area contributed by atoms with Crippen molar-refractivity contribution in [1.29, 1.82) is 0 Å². The number of amides is 1.